The van der Waals surface area contributed by atoms with Crippen LogP contribution in [-0.4, -0.2) is 75.3 Å². The molecule has 0 saturated carbocycles. The molecule has 1 N–H and O–H groups in total. The second-order valence-electron chi connectivity index (χ2n) is 9.76. The number of nitrogens with one attached hydrogen (secondary N) is 1. The van der Waals surface area contributed by atoms with Gasteiger partial charge in [0.05, 0.1) is 24.2 Å². The number of amides is 1. The van der Waals surface area contributed by atoms with Crippen molar-refractivity contribution in [3.8, 4) is 0 Å². The smallest absolute Gasteiger partial charge is 0.255 e. The van der Waals surface area contributed by atoms with Crippen molar-refractivity contribution in [2.45, 2.75) is 88.6 Å². The van der Waals surface area contributed by atoms with Crippen molar-refractivity contribution in [1.29, 1.82) is 0 Å². The lowest BCUT2D eigenvalue weighted by Gasteiger charge is -2.52. The summed E-state index contributed by atoms with van der Waals surface area (Å²) >= 11 is 0. The van der Waals surface area contributed by atoms with Crippen LogP contribution in [0.1, 0.15) is 63.3 Å². The molecule has 29 heavy (non-hydrogen) atoms. The topological polar surface area (TPSA) is 70.7 Å². The number of ether oxygens (including phenoxy) is 2. The first-order chi connectivity index (χ1) is 14.0. The number of morpholine rings is 1. The number of rotatable bonds is 3. The first-order valence-corrected chi connectivity index (χ1v) is 11.3. The third-order valence-corrected chi connectivity index (χ3v) is 7.63. The predicted octanol–water partition coefficient (Wildman–Crippen LogP) is 2.40. The minimum Gasteiger partial charge on any atom is -0.372 e. The highest BCUT2D eigenvalue weighted by atomic mass is 16.5. The van der Waals surface area contributed by atoms with E-state index >= 15 is 0 Å². The number of fused-ring (bicyclic) bond motifs is 2. The number of piperidine rings is 1. The zero-order valence-electron chi connectivity index (χ0n) is 17.8. The number of H-pyrrole nitrogens is 1. The average Bonchev–Trinajstić information content (AvgIpc) is 3.23. The van der Waals surface area contributed by atoms with Gasteiger partial charge in [-0.3, -0.25) is 9.69 Å². The Balaban J connectivity index is 1.29. The number of carbonyl (C=O) groups is 1. The highest BCUT2D eigenvalue weighted by Gasteiger charge is 2.55. The van der Waals surface area contributed by atoms with Crippen LogP contribution in [-0.2, 0) is 20.8 Å². The highest BCUT2D eigenvalue weighted by molar-refractivity contribution is 5.86. The Morgan fingerprint density at radius 2 is 2.03 bits per heavy atom. The number of nitrogens with zero attached hydrogens (tertiary/aromatic N) is 3. The van der Waals surface area contributed by atoms with Crippen molar-refractivity contribution >= 4 is 5.91 Å². The average molecular weight is 403 g/mol. The lowest BCUT2D eigenvalue weighted by atomic mass is 9.82. The fraction of sp³-hybridized carbons (Fsp3) is 0.818. The molecular weight excluding hydrogens is 368 g/mol. The van der Waals surface area contributed by atoms with Crippen LogP contribution < -0.4 is 0 Å². The number of aromatic amines is 1. The molecule has 0 radical (unpaired) electrons. The summed E-state index contributed by atoms with van der Waals surface area (Å²) in [6.07, 6.45) is 8.85. The monoisotopic (exact) mass is 402 g/mol. The largest absolute Gasteiger partial charge is 0.372 e. The van der Waals surface area contributed by atoms with E-state index in [0.717, 1.165) is 82.6 Å². The number of hydrogen-bond donors (Lipinski definition) is 1. The van der Waals surface area contributed by atoms with E-state index in [1.165, 1.54) is 0 Å². The molecule has 4 saturated heterocycles. The number of carbonyl (C=O) groups excluding carboxylic acids is 1. The SMILES string of the molecule is Cc1[nH]cnc1CN1CCOC2(C[C@H]3CC[C@@H](C2)N3C(=O)C2(C)CCCCO2)C1. The molecule has 160 valence electrons. The number of imidazole rings is 1. The lowest BCUT2D eigenvalue weighted by molar-refractivity contribution is -0.181. The summed E-state index contributed by atoms with van der Waals surface area (Å²) in [6, 6.07) is 0.575. The van der Waals surface area contributed by atoms with E-state index in [1.807, 2.05) is 6.92 Å². The van der Waals surface area contributed by atoms with Crippen molar-refractivity contribution in [2.24, 2.45) is 0 Å². The van der Waals surface area contributed by atoms with Gasteiger partial charge in [-0.15, -0.1) is 0 Å². The first-order valence-electron chi connectivity index (χ1n) is 11.3. The molecule has 7 nitrogen and oxygen atoms in total. The minimum atomic E-state index is -0.624. The molecule has 4 atom stereocenters. The summed E-state index contributed by atoms with van der Waals surface area (Å²) in [5.41, 5.74) is 1.52. The molecule has 1 spiro atoms. The van der Waals surface area contributed by atoms with Crippen LogP contribution in [0.2, 0.25) is 0 Å². The van der Waals surface area contributed by atoms with Crippen molar-refractivity contribution in [3.05, 3.63) is 17.7 Å². The maximum absolute atomic E-state index is 13.5. The molecule has 1 aromatic rings. The Morgan fingerprint density at radius 1 is 1.24 bits per heavy atom. The molecule has 5 rings (SSSR count). The quantitative estimate of drug-likeness (QED) is 0.841. The number of aromatic nitrogens is 2. The second-order valence-corrected chi connectivity index (χ2v) is 9.76. The van der Waals surface area contributed by atoms with Gasteiger partial charge in [0.15, 0.2) is 0 Å². The van der Waals surface area contributed by atoms with Gasteiger partial charge in [-0.05, 0) is 58.8 Å². The zero-order chi connectivity index (χ0) is 20.1. The summed E-state index contributed by atoms with van der Waals surface area (Å²) in [7, 11) is 0. The molecule has 2 bridgehead atoms. The van der Waals surface area contributed by atoms with E-state index in [4.69, 9.17) is 9.47 Å². The lowest BCUT2D eigenvalue weighted by Crippen LogP contribution is -2.63. The Morgan fingerprint density at radius 3 is 2.69 bits per heavy atom. The van der Waals surface area contributed by atoms with Gasteiger partial charge >= 0.3 is 0 Å². The van der Waals surface area contributed by atoms with Crippen LogP contribution in [0.4, 0.5) is 0 Å². The van der Waals surface area contributed by atoms with Crippen LogP contribution in [0.25, 0.3) is 0 Å². The van der Waals surface area contributed by atoms with Crippen LogP contribution in [0.15, 0.2) is 6.33 Å². The maximum Gasteiger partial charge on any atom is 0.255 e. The van der Waals surface area contributed by atoms with Crippen LogP contribution >= 0.6 is 0 Å². The molecule has 5 heterocycles. The van der Waals surface area contributed by atoms with Crippen molar-refractivity contribution in [2.75, 3.05) is 26.3 Å². The summed E-state index contributed by atoms with van der Waals surface area (Å²) in [4.78, 5) is 25.8. The van der Waals surface area contributed by atoms with E-state index in [9.17, 15) is 4.79 Å². The number of aryl methyl sites for hydroxylation is 1. The minimum absolute atomic E-state index is 0.126. The second kappa shape index (κ2) is 7.36. The van der Waals surface area contributed by atoms with Gasteiger partial charge in [-0.25, -0.2) is 4.98 Å². The molecule has 0 aromatic carbocycles. The highest BCUT2D eigenvalue weighted by Crippen LogP contribution is 2.45. The van der Waals surface area contributed by atoms with E-state index in [-0.39, 0.29) is 23.6 Å². The Hall–Kier alpha value is -1.44. The van der Waals surface area contributed by atoms with E-state index in [0.29, 0.717) is 6.61 Å². The van der Waals surface area contributed by atoms with Crippen LogP contribution in [0.3, 0.4) is 0 Å². The zero-order valence-corrected chi connectivity index (χ0v) is 17.8. The summed E-state index contributed by atoms with van der Waals surface area (Å²) in [5.74, 6) is 0.222. The molecule has 4 aliphatic heterocycles. The normalized spacial score (nSPS) is 37.9. The van der Waals surface area contributed by atoms with Gasteiger partial charge < -0.3 is 19.4 Å². The maximum atomic E-state index is 13.5. The summed E-state index contributed by atoms with van der Waals surface area (Å²) < 4.78 is 12.4. The molecule has 7 heteroatoms. The first kappa shape index (κ1) is 19.5. The van der Waals surface area contributed by atoms with Crippen molar-refractivity contribution < 1.29 is 14.3 Å². The van der Waals surface area contributed by atoms with Gasteiger partial charge in [0, 0.05) is 44.0 Å². The summed E-state index contributed by atoms with van der Waals surface area (Å²) in [5, 5.41) is 0. The van der Waals surface area contributed by atoms with E-state index in [1.54, 1.807) is 6.33 Å². The van der Waals surface area contributed by atoms with Crippen molar-refractivity contribution in [1.82, 2.24) is 19.8 Å². The molecule has 1 aromatic heterocycles. The molecule has 2 unspecified atom stereocenters. The third kappa shape index (κ3) is 3.51. The third-order valence-electron chi connectivity index (χ3n) is 7.63. The molecule has 1 amide bonds. The van der Waals surface area contributed by atoms with Crippen LogP contribution in [0, 0.1) is 6.92 Å². The van der Waals surface area contributed by atoms with E-state index < -0.39 is 5.60 Å². The van der Waals surface area contributed by atoms with Gasteiger partial charge in [-0.2, -0.15) is 0 Å². The standard InChI is InChI=1S/C22H34N4O3/c1-16-19(24-15-23-16)13-25-8-10-29-22(14-25)11-17-5-6-18(12-22)26(17)20(27)21(2)7-3-4-9-28-21/h15,17-18H,3-14H2,1-2H3,(H,23,24)/t17-,18+,21?,22?. The summed E-state index contributed by atoms with van der Waals surface area (Å²) in [6.45, 7) is 8.29. The Labute approximate surface area is 173 Å². The molecule has 0 aliphatic carbocycles. The van der Waals surface area contributed by atoms with Crippen molar-refractivity contribution in [3.63, 3.8) is 0 Å². The molecular formula is C22H34N4O3. The van der Waals surface area contributed by atoms with Gasteiger partial charge in [0.1, 0.15) is 5.60 Å². The Kier molecular flexibility index (Phi) is 4.95. The number of hydrogen-bond acceptors (Lipinski definition) is 5. The molecule has 4 aliphatic rings. The Bertz CT molecular complexity index is 743. The fourth-order valence-corrected chi connectivity index (χ4v) is 6.08. The predicted molar refractivity (Wildman–Crippen MR) is 108 cm³/mol. The molecule has 4 fully saturated rings. The van der Waals surface area contributed by atoms with Gasteiger partial charge in [0.25, 0.3) is 5.91 Å². The van der Waals surface area contributed by atoms with Crippen LogP contribution in [0.5, 0.6) is 0 Å². The fourth-order valence-electron chi connectivity index (χ4n) is 6.08. The van der Waals surface area contributed by atoms with E-state index in [2.05, 4.69) is 26.7 Å². The van der Waals surface area contributed by atoms with Gasteiger partial charge in [-0.1, -0.05) is 0 Å². The van der Waals surface area contributed by atoms with Gasteiger partial charge in [0.2, 0.25) is 0 Å².